The van der Waals surface area contributed by atoms with Crippen LogP contribution in [0.3, 0.4) is 0 Å². The van der Waals surface area contributed by atoms with Gasteiger partial charge in [0.05, 0.1) is 0 Å². The number of benzene rings is 1. The summed E-state index contributed by atoms with van der Waals surface area (Å²) in [4.78, 5) is 18.2. The third kappa shape index (κ3) is 4.72. The highest BCUT2D eigenvalue weighted by Crippen LogP contribution is 2.20. The molecule has 3 rings (SSSR count). The van der Waals surface area contributed by atoms with Crippen LogP contribution in [-0.4, -0.2) is 24.1 Å². The van der Waals surface area contributed by atoms with Crippen LogP contribution >= 0.6 is 0 Å². The fraction of sp³-hybridized carbons (Fsp3) is 0.368. The lowest BCUT2D eigenvalue weighted by molar-refractivity contribution is 0.240. The Bertz CT molecular complexity index is 636. The number of nitrogens with one attached hydrogen (secondary N) is 2. The highest BCUT2D eigenvalue weighted by Gasteiger charge is 2.10. The van der Waals surface area contributed by atoms with E-state index in [1.54, 1.807) is 12.4 Å². The van der Waals surface area contributed by atoms with E-state index in [1.165, 1.54) is 24.9 Å². The van der Waals surface area contributed by atoms with Crippen LogP contribution in [0.15, 0.2) is 48.8 Å². The monoisotopic (exact) mass is 324 g/mol. The van der Waals surface area contributed by atoms with Crippen molar-refractivity contribution in [1.82, 2.24) is 15.6 Å². The standard InChI is InChI=1S/C19H24N4O/c24-19(22-15-17-8-10-20-11-9-17)21-14-16-4-6-18(7-5-16)23-12-2-1-3-13-23/h4-11H,1-3,12-15H2,(H2,21,22,24). The summed E-state index contributed by atoms with van der Waals surface area (Å²) in [6, 6.07) is 12.1. The van der Waals surface area contributed by atoms with Gasteiger partial charge in [0, 0.05) is 44.3 Å². The Morgan fingerprint density at radius 3 is 2.08 bits per heavy atom. The molecular formula is C19H24N4O. The highest BCUT2D eigenvalue weighted by atomic mass is 16.2. The average molecular weight is 324 g/mol. The maximum absolute atomic E-state index is 11.9. The minimum Gasteiger partial charge on any atom is -0.372 e. The highest BCUT2D eigenvalue weighted by molar-refractivity contribution is 5.73. The molecule has 1 aliphatic rings. The molecule has 0 unspecified atom stereocenters. The SMILES string of the molecule is O=C(NCc1ccncc1)NCc1ccc(N2CCCCC2)cc1. The van der Waals surface area contributed by atoms with Gasteiger partial charge in [-0.1, -0.05) is 12.1 Å². The number of hydrogen-bond donors (Lipinski definition) is 2. The van der Waals surface area contributed by atoms with Gasteiger partial charge in [-0.2, -0.15) is 0 Å². The van der Waals surface area contributed by atoms with E-state index in [0.717, 1.165) is 24.2 Å². The van der Waals surface area contributed by atoms with Crippen LogP contribution in [0.4, 0.5) is 10.5 Å². The molecular weight excluding hydrogens is 300 g/mol. The molecule has 2 amide bonds. The molecule has 0 saturated carbocycles. The van der Waals surface area contributed by atoms with Crippen LogP contribution in [0.2, 0.25) is 0 Å². The summed E-state index contributed by atoms with van der Waals surface area (Å²) in [5.41, 5.74) is 3.42. The Morgan fingerprint density at radius 1 is 0.875 bits per heavy atom. The van der Waals surface area contributed by atoms with Crippen molar-refractivity contribution >= 4 is 11.7 Å². The van der Waals surface area contributed by atoms with Crippen molar-refractivity contribution in [3.05, 3.63) is 59.9 Å². The Hall–Kier alpha value is -2.56. The first kappa shape index (κ1) is 16.3. The fourth-order valence-electron chi connectivity index (χ4n) is 2.90. The zero-order valence-electron chi connectivity index (χ0n) is 13.9. The van der Waals surface area contributed by atoms with E-state index in [2.05, 4.69) is 44.8 Å². The summed E-state index contributed by atoms with van der Waals surface area (Å²) in [7, 11) is 0. The first-order valence-electron chi connectivity index (χ1n) is 8.56. The quantitative estimate of drug-likeness (QED) is 0.889. The number of aromatic nitrogens is 1. The Morgan fingerprint density at radius 2 is 1.46 bits per heavy atom. The smallest absolute Gasteiger partial charge is 0.315 e. The third-order valence-electron chi connectivity index (χ3n) is 4.31. The molecule has 0 spiro atoms. The van der Waals surface area contributed by atoms with E-state index < -0.39 is 0 Å². The maximum atomic E-state index is 11.9. The molecule has 0 bridgehead atoms. The molecule has 1 fully saturated rings. The van der Waals surface area contributed by atoms with Gasteiger partial charge >= 0.3 is 6.03 Å². The molecule has 0 radical (unpaired) electrons. The minimum absolute atomic E-state index is 0.160. The second-order valence-electron chi connectivity index (χ2n) is 6.11. The lowest BCUT2D eigenvalue weighted by Gasteiger charge is -2.28. The third-order valence-corrected chi connectivity index (χ3v) is 4.31. The van der Waals surface area contributed by atoms with Crippen molar-refractivity contribution in [3.8, 4) is 0 Å². The van der Waals surface area contributed by atoms with E-state index >= 15 is 0 Å². The maximum Gasteiger partial charge on any atom is 0.315 e. The van der Waals surface area contributed by atoms with Crippen LogP contribution in [0, 0.1) is 0 Å². The molecule has 1 saturated heterocycles. The molecule has 24 heavy (non-hydrogen) atoms. The van der Waals surface area contributed by atoms with Gasteiger partial charge in [0.2, 0.25) is 0 Å². The number of pyridine rings is 1. The number of amides is 2. The van der Waals surface area contributed by atoms with E-state index in [0.29, 0.717) is 13.1 Å². The van der Waals surface area contributed by atoms with Crippen LogP contribution in [-0.2, 0) is 13.1 Å². The Kier molecular flexibility index (Phi) is 5.66. The molecule has 0 atom stereocenters. The predicted molar refractivity (Wildman–Crippen MR) is 95.8 cm³/mol. The van der Waals surface area contributed by atoms with Gasteiger partial charge in [-0.3, -0.25) is 4.98 Å². The summed E-state index contributed by atoms with van der Waals surface area (Å²) in [5, 5.41) is 5.74. The molecule has 2 heterocycles. The fourth-order valence-corrected chi connectivity index (χ4v) is 2.90. The summed E-state index contributed by atoms with van der Waals surface area (Å²) in [5.74, 6) is 0. The molecule has 2 aromatic rings. The second-order valence-corrected chi connectivity index (χ2v) is 6.11. The number of rotatable bonds is 5. The number of nitrogens with zero attached hydrogens (tertiary/aromatic N) is 2. The second kappa shape index (κ2) is 8.34. The lowest BCUT2D eigenvalue weighted by atomic mass is 10.1. The van der Waals surface area contributed by atoms with Crippen LogP contribution in [0.25, 0.3) is 0 Å². The van der Waals surface area contributed by atoms with Gasteiger partial charge in [0.15, 0.2) is 0 Å². The summed E-state index contributed by atoms with van der Waals surface area (Å²) in [6.07, 6.45) is 7.34. The van der Waals surface area contributed by atoms with E-state index in [4.69, 9.17) is 0 Å². The topological polar surface area (TPSA) is 57.3 Å². The molecule has 1 aliphatic heterocycles. The van der Waals surface area contributed by atoms with Gasteiger partial charge in [-0.25, -0.2) is 4.79 Å². The number of anilines is 1. The van der Waals surface area contributed by atoms with Crippen molar-refractivity contribution in [2.24, 2.45) is 0 Å². The van der Waals surface area contributed by atoms with Gasteiger partial charge in [-0.05, 0) is 54.7 Å². The van der Waals surface area contributed by atoms with Crippen molar-refractivity contribution in [1.29, 1.82) is 0 Å². The van der Waals surface area contributed by atoms with Gasteiger partial charge in [0.1, 0.15) is 0 Å². The number of hydrogen-bond acceptors (Lipinski definition) is 3. The minimum atomic E-state index is -0.160. The summed E-state index contributed by atoms with van der Waals surface area (Å²) < 4.78 is 0. The van der Waals surface area contributed by atoms with Crippen molar-refractivity contribution in [2.45, 2.75) is 32.4 Å². The first-order valence-corrected chi connectivity index (χ1v) is 8.56. The normalized spacial score (nSPS) is 14.2. The molecule has 126 valence electrons. The number of carbonyl (C=O) groups excluding carboxylic acids is 1. The van der Waals surface area contributed by atoms with Crippen LogP contribution in [0.5, 0.6) is 0 Å². The van der Waals surface area contributed by atoms with Crippen LogP contribution < -0.4 is 15.5 Å². The number of urea groups is 1. The van der Waals surface area contributed by atoms with E-state index in [-0.39, 0.29) is 6.03 Å². The summed E-state index contributed by atoms with van der Waals surface area (Å²) >= 11 is 0. The molecule has 2 N–H and O–H groups in total. The largest absolute Gasteiger partial charge is 0.372 e. The van der Waals surface area contributed by atoms with Gasteiger partial charge in [-0.15, -0.1) is 0 Å². The average Bonchev–Trinajstić information content (AvgIpc) is 2.67. The molecule has 1 aromatic carbocycles. The zero-order chi connectivity index (χ0) is 16.6. The molecule has 0 aliphatic carbocycles. The number of piperidine rings is 1. The lowest BCUT2D eigenvalue weighted by Crippen LogP contribution is -2.34. The van der Waals surface area contributed by atoms with Gasteiger partial charge < -0.3 is 15.5 Å². The van der Waals surface area contributed by atoms with Crippen LogP contribution in [0.1, 0.15) is 30.4 Å². The van der Waals surface area contributed by atoms with Crippen molar-refractivity contribution in [2.75, 3.05) is 18.0 Å². The summed E-state index contributed by atoms with van der Waals surface area (Å²) in [6.45, 7) is 3.33. The van der Waals surface area contributed by atoms with E-state index in [1.807, 2.05) is 12.1 Å². The van der Waals surface area contributed by atoms with E-state index in [9.17, 15) is 4.79 Å². The Balaban J connectivity index is 1.43. The van der Waals surface area contributed by atoms with Gasteiger partial charge in [0.25, 0.3) is 0 Å². The first-order chi connectivity index (χ1) is 11.8. The molecule has 5 nitrogen and oxygen atoms in total. The zero-order valence-corrected chi connectivity index (χ0v) is 13.9. The predicted octanol–water partition coefficient (Wildman–Crippen LogP) is 3.07. The molecule has 5 heteroatoms. The molecule has 1 aromatic heterocycles. The van der Waals surface area contributed by atoms with Crippen molar-refractivity contribution < 1.29 is 4.79 Å². The van der Waals surface area contributed by atoms with Crippen molar-refractivity contribution in [3.63, 3.8) is 0 Å². The Labute approximate surface area is 143 Å². The number of carbonyl (C=O) groups is 1.